The zero-order valence-electron chi connectivity index (χ0n) is 38.2. The molecule has 8 nitrogen and oxygen atoms in total. The lowest BCUT2D eigenvalue weighted by molar-refractivity contribution is -0.889. The van der Waals surface area contributed by atoms with Crippen LogP contribution in [-0.2, 0) is 28.6 Å². The molecule has 0 amide bonds. The Morgan fingerprint density at radius 1 is 0.517 bits per heavy atom. The summed E-state index contributed by atoms with van der Waals surface area (Å²) in [4.78, 5) is 36.9. The van der Waals surface area contributed by atoms with Crippen LogP contribution in [0.3, 0.4) is 0 Å². The third-order valence-corrected chi connectivity index (χ3v) is 10.5. The van der Waals surface area contributed by atoms with Crippen LogP contribution >= 0.6 is 0 Å². The van der Waals surface area contributed by atoms with Gasteiger partial charge in [-0.25, -0.2) is 0 Å². The monoisotopic (exact) mass is 816 g/mol. The largest absolute Gasteiger partial charge is 0.544 e. The van der Waals surface area contributed by atoms with Crippen molar-refractivity contribution >= 4 is 17.9 Å². The van der Waals surface area contributed by atoms with Gasteiger partial charge in [0, 0.05) is 19.3 Å². The Morgan fingerprint density at radius 2 is 0.914 bits per heavy atom. The van der Waals surface area contributed by atoms with E-state index in [-0.39, 0.29) is 42.7 Å². The lowest BCUT2D eigenvalue weighted by Gasteiger charge is -2.34. The summed E-state index contributed by atoms with van der Waals surface area (Å²) in [6.07, 6.45) is 48.4. The van der Waals surface area contributed by atoms with Crippen LogP contribution < -0.4 is 5.11 Å². The maximum Gasteiger partial charge on any atom is 0.306 e. The fourth-order valence-corrected chi connectivity index (χ4v) is 6.76. The molecule has 0 spiro atoms. The first-order chi connectivity index (χ1) is 28.1. The fourth-order valence-electron chi connectivity index (χ4n) is 6.76. The number of carbonyl (C=O) groups is 3. The van der Waals surface area contributed by atoms with Gasteiger partial charge < -0.3 is 28.6 Å². The van der Waals surface area contributed by atoms with Crippen molar-refractivity contribution in [1.29, 1.82) is 0 Å². The summed E-state index contributed by atoms with van der Waals surface area (Å²) in [5.74, 6) is -1.75. The van der Waals surface area contributed by atoms with Gasteiger partial charge in [-0.2, -0.15) is 0 Å². The molecule has 0 N–H and O–H groups in total. The normalized spacial score (nSPS) is 13.3. The van der Waals surface area contributed by atoms with Crippen LogP contribution in [0.1, 0.15) is 200 Å². The fraction of sp³-hybridized carbons (Fsp3) is 0.780. The first kappa shape index (κ1) is 55.3. The number of ether oxygens (including phenoxy) is 3. The van der Waals surface area contributed by atoms with E-state index in [1.165, 1.54) is 89.9 Å². The summed E-state index contributed by atoms with van der Waals surface area (Å²) in [7, 11) is 5.40. The van der Waals surface area contributed by atoms with Gasteiger partial charge in [-0.1, -0.05) is 172 Å². The van der Waals surface area contributed by atoms with E-state index in [2.05, 4.69) is 62.5 Å². The quantitative estimate of drug-likeness (QED) is 0.0262. The summed E-state index contributed by atoms with van der Waals surface area (Å²) in [5.41, 5.74) is 0. The Labute approximate surface area is 356 Å². The number of allylic oxidation sites excluding steroid dienone is 8. The standard InChI is InChI=1S/C50H89NO7/c1-6-8-10-12-14-16-18-20-21-22-23-24-25-26-27-29-31-33-35-37-39-41-49(53)58-46(44-56-43-42-47(50(54)55)51(3,4)5)45-57-48(52)40-38-36-34-32-30-28-19-17-15-13-11-9-7-2/h14,16,20-21,23-24,26-27,46-47H,6-13,15,17-19,22,25,28-45H2,1-5H3/b16-14+,21-20+,24-23+,27-26+. The van der Waals surface area contributed by atoms with E-state index in [1.807, 2.05) is 0 Å². The van der Waals surface area contributed by atoms with Gasteiger partial charge in [0.05, 0.1) is 40.3 Å². The van der Waals surface area contributed by atoms with Gasteiger partial charge in [-0.3, -0.25) is 9.59 Å². The molecule has 0 aliphatic heterocycles. The number of nitrogens with zero attached hydrogens (tertiary/aromatic N) is 1. The van der Waals surface area contributed by atoms with E-state index >= 15 is 0 Å². The average Bonchev–Trinajstić information content (AvgIpc) is 3.18. The molecule has 336 valence electrons. The minimum absolute atomic E-state index is 0.0339. The van der Waals surface area contributed by atoms with Gasteiger partial charge in [0.2, 0.25) is 0 Å². The van der Waals surface area contributed by atoms with Crippen molar-refractivity contribution < 1.29 is 38.2 Å². The van der Waals surface area contributed by atoms with Crippen LogP contribution in [0.5, 0.6) is 0 Å². The topological polar surface area (TPSA) is 102 Å². The van der Waals surface area contributed by atoms with Gasteiger partial charge in [0.1, 0.15) is 12.6 Å². The van der Waals surface area contributed by atoms with Crippen LogP contribution in [0.4, 0.5) is 0 Å². The van der Waals surface area contributed by atoms with Crippen LogP contribution in [0.15, 0.2) is 48.6 Å². The maximum absolute atomic E-state index is 12.7. The number of carboxylic acid groups (broad SMARTS) is 1. The summed E-state index contributed by atoms with van der Waals surface area (Å²) < 4.78 is 17.2. The molecule has 0 radical (unpaired) electrons. The Kier molecular flexibility index (Phi) is 39.1. The molecule has 0 heterocycles. The predicted molar refractivity (Wildman–Crippen MR) is 240 cm³/mol. The molecular formula is C50H89NO7. The van der Waals surface area contributed by atoms with Crippen molar-refractivity contribution in [2.75, 3.05) is 41.0 Å². The second kappa shape index (κ2) is 41.0. The van der Waals surface area contributed by atoms with Crippen LogP contribution in [-0.4, -0.2) is 75.5 Å². The van der Waals surface area contributed by atoms with E-state index in [0.717, 1.165) is 77.0 Å². The highest BCUT2D eigenvalue weighted by molar-refractivity contribution is 5.70. The lowest BCUT2D eigenvalue weighted by atomic mass is 10.0. The Morgan fingerprint density at radius 3 is 1.38 bits per heavy atom. The number of likely N-dealkylation sites (N-methyl/N-ethyl adjacent to an activating group) is 1. The van der Waals surface area contributed by atoms with Gasteiger partial charge in [0.15, 0.2) is 6.10 Å². The summed E-state index contributed by atoms with van der Waals surface area (Å²) in [6, 6.07) is -0.729. The van der Waals surface area contributed by atoms with Crippen LogP contribution in [0.25, 0.3) is 0 Å². The number of esters is 2. The summed E-state index contributed by atoms with van der Waals surface area (Å²) >= 11 is 0. The summed E-state index contributed by atoms with van der Waals surface area (Å²) in [6.45, 7) is 4.62. The molecule has 0 aliphatic rings. The second-order valence-corrected chi connectivity index (χ2v) is 17.0. The summed E-state index contributed by atoms with van der Waals surface area (Å²) in [5, 5.41) is 11.6. The van der Waals surface area contributed by atoms with Gasteiger partial charge in [-0.05, 0) is 57.8 Å². The maximum atomic E-state index is 12.7. The van der Waals surface area contributed by atoms with Gasteiger partial charge in [0.25, 0.3) is 0 Å². The van der Waals surface area contributed by atoms with Gasteiger partial charge in [-0.15, -0.1) is 0 Å². The third-order valence-electron chi connectivity index (χ3n) is 10.5. The Hall–Kier alpha value is -2.71. The molecular weight excluding hydrogens is 727 g/mol. The first-order valence-electron chi connectivity index (χ1n) is 23.7. The van der Waals surface area contributed by atoms with Crippen molar-refractivity contribution in [2.45, 2.75) is 212 Å². The molecule has 0 bridgehead atoms. The molecule has 58 heavy (non-hydrogen) atoms. The number of hydrogen-bond acceptors (Lipinski definition) is 7. The molecule has 0 aromatic heterocycles. The number of aliphatic carboxylic acids is 1. The SMILES string of the molecule is CCCCC/C=C/C/C=C/C/C=C/C/C=C/CCCCCCCC(=O)OC(COCCC(C(=O)[O-])[N+](C)(C)C)COC(=O)CCCCCCCCCCCCCCC. The highest BCUT2D eigenvalue weighted by Crippen LogP contribution is 2.14. The van der Waals surface area contributed by atoms with Gasteiger partial charge >= 0.3 is 11.9 Å². The lowest BCUT2D eigenvalue weighted by Crippen LogP contribution is -2.55. The van der Waals surface area contributed by atoms with Crippen molar-refractivity contribution in [3.63, 3.8) is 0 Å². The van der Waals surface area contributed by atoms with Crippen molar-refractivity contribution in [2.24, 2.45) is 0 Å². The molecule has 0 aromatic rings. The number of quaternary nitrogens is 1. The number of unbranched alkanes of at least 4 members (excludes halogenated alkanes) is 20. The van der Waals surface area contributed by atoms with E-state index in [9.17, 15) is 19.5 Å². The highest BCUT2D eigenvalue weighted by atomic mass is 16.6. The Bertz CT molecular complexity index is 1090. The zero-order chi connectivity index (χ0) is 42.8. The Balaban J connectivity index is 4.33. The molecule has 0 saturated heterocycles. The van der Waals surface area contributed by atoms with E-state index in [1.54, 1.807) is 21.1 Å². The van der Waals surface area contributed by atoms with E-state index in [0.29, 0.717) is 12.8 Å². The third kappa shape index (κ3) is 38.8. The number of rotatable bonds is 42. The number of hydrogen-bond donors (Lipinski definition) is 0. The highest BCUT2D eigenvalue weighted by Gasteiger charge is 2.25. The van der Waals surface area contributed by atoms with E-state index in [4.69, 9.17) is 14.2 Å². The first-order valence-corrected chi connectivity index (χ1v) is 23.7. The average molecular weight is 816 g/mol. The molecule has 0 saturated carbocycles. The predicted octanol–water partition coefficient (Wildman–Crippen LogP) is 11.9. The minimum atomic E-state index is -1.13. The molecule has 2 unspecified atom stereocenters. The molecule has 0 fully saturated rings. The molecule has 0 aromatic carbocycles. The molecule has 8 heteroatoms. The molecule has 0 rings (SSSR count). The second-order valence-electron chi connectivity index (χ2n) is 17.0. The van der Waals surface area contributed by atoms with Crippen molar-refractivity contribution in [3.8, 4) is 0 Å². The van der Waals surface area contributed by atoms with Crippen molar-refractivity contribution in [1.82, 2.24) is 0 Å². The van der Waals surface area contributed by atoms with E-state index < -0.39 is 18.1 Å². The van der Waals surface area contributed by atoms with Crippen LogP contribution in [0.2, 0.25) is 0 Å². The minimum Gasteiger partial charge on any atom is -0.544 e. The zero-order valence-corrected chi connectivity index (χ0v) is 38.2. The number of carboxylic acids is 1. The smallest absolute Gasteiger partial charge is 0.306 e. The molecule has 0 aliphatic carbocycles. The van der Waals surface area contributed by atoms with Crippen LogP contribution in [0, 0.1) is 0 Å². The van der Waals surface area contributed by atoms with Crippen molar-refractivity contribution in [3.05, 3.63) is 48.6 Å². The molecule has 2 atom stereocenters. The number of carbonyl (C=O) groups excluding carboxylic acids is 3.